The second-order valence-electron chi connectivity index (χ2n) is 3.61. The van der Waals surface area contributed by atoms with Crippen LogP contribution in [0.15, 0.2) is 16.5 Å². The van der Waals surface area contributed by atoms with Gasteiger partial charge in [-0.05, 0) is 59.9 Å². The van der Waals surface area contributed by atoms with E-state index in [2.05, 4.69) is 57.7 Å². The van der Waals surface area contributed by atoms with Gasteiger partial charge in [0.1, 0.15) is 6.61 Å². The minimum atomic E-state index is -3.74. The fourth-order valence-electron chi connectivity index (χ4n) is 1.37. The van der Waals surface area contributed by atoms with Crippen LogP contribution in [0.3, 0.4) is 0 Å². The van der Waals surface area contributed by atoms with Gasteiger partial charge in [0.2, 0.25) is 15.7 Å². The fraction of sp³-hybridized carbons (Fsp3) is 0.222. The normalized spacial score (nSPS) is 13.1. The molecule has 5 nitrogen and oxygen atoms in total. The van der Waals surface area contributed by atoms with Crippen molar-refractivity contribution < 1.29 is 18.6 Å². The molecule has 0 saturated heterocycles. The first-order chi connectivity index (χ1) is 9.16. The molecule has 1 N–H and O–H groups in total. The van der Waals surface area contributed by atoms with E-state index in [4.69, 9.17) is 16.9 Å². The third-order valence-electron chi connectivity index (χ3n) is 2.29. The van der Waals surface area contributed by atoms with Crippen LogP contribution < -0.4 is 0 Å². The van der Waals surface area contributed by atoms with Crippen LogP contribution in [-0.2, 0) is 21.3 Å². The van der Waals surface area contributed by atoms with E-state index >= 15 is 0 Å². The number of hydrogen-bond acceptors (Lipinski definition) is 6. The first kappa shape index (κ1) is 17.1. The number of thiazole rings is 1. The van der Waals surface area contributed by atoms with Crippen molar-refractivity contribution in [3.8, 4) is 0 Å². The molecular weight excluding hydrogens is 525 g/mol. The zero-order chi connectivity index (χ0) is 15.1. The van der Waals surface area contributed by atoms with Crippen LogP contribution in [-0.4, -0.2) is 20.1 Å². The van der Waals surface area contributed by atoms with Crippen molar-refractivity contribution in [2.45, 2.75) is 12.4 Å². The maximum Gasteiger partial charge on any atom is 0.241 e. The molecule has 1 aromatic carbocycles. The number of nitrogens with zero attached hydrogens (tertiary/aromatic N) is 1. The zero-order valence-electron chi connectivity index (χ0n) is 9.31. The Bertz CT molecular complexity index is 756. The van der Waals surface area contributed by atoms with Gasteiger partial charge >= 0.3 is 0 Å². The molecule has 2 aromatic rings. The molecule has 0 spiro atoms. The van der Waals surface area contributed by atoms with Crippen molar-refractivity contribution in [1.29, 1.82) is 0 Å². The topological polar surface area (TPSA) is 76.5 Å². The van der Waals surface area contributed by atoms with Crippen molar-refractivity contribution in [3.63, 3.8) is 0 Å². The molecule has 0 aliphatic heterocycles. The predicted octanol–water partition coefficient (Wildman–Crippen LogP) is 4.51. The maximum absolute atomic E-state index is 12.2. The van der Waals surface area contributed by atoms with Gasteiger partial charge in [-0.3, -0.25) is 5.26 Å². The van der Waals surface area contributed by atoms with Crippen molar-refractivity contribution >= 4 is 90.8 Å². The average molecular weight is 530 g/mol. The Morgan fingerprint density at radius 2 is 2.05 bits per heavy atom. The molecule has 1 heterocycles. The van der Waals surface area contributed by atoms with Crippen LogP contribution in [0.25, 0.3) is 10.2 Å². The highest BCUT2D eigenvalue weighted by Gasteiger charge is 2.40. The SMILES string of the molecule is O=S(=O)(c1nc2cc(COO)c(Cl)cc2s1)C(Br)(Br)Br. The second kappa shape index (κ2) is 6.07. The number of hydrogen-bond donors (Lipinski definition) is 1. The van der Waals surface area contributed by atoms with Gasteiger partial charge in [-0.2, -0.15) is 0 Å². The molecule has 2 rings (SSSR count). The van der Waals surface area contributed by atoms with E-state index in [1.807, 2.05) is 0 Å². The summed E-state index contributed by atoms with van der Waals surface area (Å²) in [5, 5.41) is 8.83. The Morgan fingerprint density at radius 3 is 2.60 bits per heavy atom. The van der Waals surface area contributed by atoms with Crippen LogP contribution in [0.5, 0.6) is 0 Å². The minimum Gasteiger partial charge on any atom is -0.251 e. The van der Waals surface area contributed by atoms with Crippen LogP contribution in [0.1, 0.15) is 5.56 Å². The summed E-state index contributed by atoms with van der Waals surface area (Å²) >= 11 is 15.9. The monoisotopic (exact) mass is 527 g/mol. The standard InChI is InChI=1S/C9H5Br3ClNO4S2/c10-9(11,12)20(16,17)8-14-6-1-4(3-18-15)5(13)2-7(6)19-8/h1-2,15H,3H2. The fourth-order valence-corrected chi connectivity index (χ4v) is 6.21. The van der Waals surface area contributed by atoms with Gasteiger partial charge in [0, 0.05) is 10.6 Å². The number of halogens is 4. The van der Waals surface area contributed by atoms with Gasteiger partial charge in [0.25, 0.3) is 0 Å². The molecule has 1 aromatic heterocycles. The Labute approximate surface area is 148 Å². The first-order valence-electron chi connectivity index (χ1n) is 4.83. The van der Waals surface area contributed by atoms with E-state index < -0.39 is 11.3 Å². The van der Waals surface area contributed by atoms with Gasteiger partial charge in [0.05, 0.1) is 10.2 Å². The zero-order valence-corrected chi connectivity index (χ0v) is 16.5. The number of benzene rings is 1. The summed E-state index contributed by atoms with van der Waals surface area (Å²) in [7, 11) is -3.74. The third-order valence-corrected chi connectivity index (χ3v) is 9.36. The molecule has 0 amide bonds. The van der Waals surface area contributed by atoms with Crippen LogP contribution in [0.4, 0.5) is 0 Å². The van der Waals surface area contributed by atoms with Crippen molar-refractivity contribution in [2.75, 3.05) is 0 Å². The van der Waals surface area contributed by atoms with Gasteiger partial charge in [0.15, 0.2) is 0 Å². The molecule has 0 radical (unpaired) electrons. The predicted molar refractivity (Wildman–Crippen MR) is 88.7 cm³/mol. The largest absolute Gasteiger partial charge is 0.251 e. The quantitative estimate of drug-likeness (QED) is 0.359. The Hall–Kier alpha value is 0.710. The van der Waals surface area contributed by atoms with Crippen molar-refractivity contribution in [2.24, 2.45) is 0 Å². The lowest BCUT2D eigenvalue weighted by Gasteiger charge is -2.09. The van der Waals surface area contributed by atoms with E-state index in [-0.39, 0.29) is 10.9 Å². The van der Waals surface area contributed by atoms with Crippen LogP contribution >= 0.6 is 70.7 Å². The molecule has 0 aliphatic carbocycles. The number of alkyl halides is 3. The summed E-state index contributed by atoms with van der Waals surface area (Å²) in [5.74, 6) is 0. The number of aromatic nitrogens is 1. The Morgan fingerprint density at radius 1 is 1.40 bits per heavy atom. The van der Waals surface area contributed by atoms with Gasteiger partial charge in [-0.15, -0.1) is 11.3 Å². The molecule has 0 bridgehead atoms. The first-order valence-corrected chi connectivity index (χ1v) is 9.89. The summed E-state index contributed by atoms with van der Waals surface area (Å²) in [6.45, 7) is -0.104. The van der Waals surface area contributed by atoms with E-state index in [1.165, 1.54) is 0 Å². The van der Waals surface area contributed by atoms with Gasteiger partial charge in [-0.25, -0.2) is 18.3 Å². The molecule has 110 valence electrons. The number of fused-ring (bicyclic) bond motifs is 1. The molecule has 0 fully saturated rings. The lowest BCUT2D eigenvalue weighted by atomic mass is 10.2. The van der Waals surface area contributed by atoms with E-state index in [0.717, 1.165) is 11.3 Å². The van der Waals surface area contributed by atoms with Gasteiger partial charge in [-0.1, -0.05) is 11.6 Å². The average Bonchev–Trinajstić information content (AvgIpc) is 2.71. The molecule has 0 atom stereocenters. The summed E-state index contributed by atoms with van der Waals surface area (Å²) in [6.07, 6.45) is 0. The van der Waals surface area contributed by atoms with E-state index in [1.54, 1.807) is 12.1 Å². The molecule has 20 heavy (non-hydrogen) atoms. The molecule has 11 heteroatoms. The maximum atomic E-state index is 12.2. The highest BCUT2D eigenvalue weighted by molar-refractivity contribution is 9.42. The molecule has 0 unspecified atom stereocenters. The Balaban J connectivity index is 2.61. The highest BCUT2D eigenvalue weighted by Crippen LogP contribution is 2.45. The van der Waals surface area contributed by atoms with Crippen molar-refractivity contribution in [3.05, 3.63) is 22.7 Å². The van der Waals surface area contributed by atoms with Crippen LogP contribution in [0.2, 0.25) is 5.02 Å². The van der Waals surface area contributed by atoms with Crippen LogP contribution in [0, 0.1) is 0 Å². The molecule has 0 saturated carbocycles. The van der Waals surface area contributed by atoms with Crippen molar-refractivity contribution in [1.82, 2.24) is 4.98 Å². The summed E-state index contributed by atoms with van der Waals surface area (Å²) in [4.78, 5) is 8.12. The lowest BCUT2D eigenvalue weighted by Crippen LogP contribution is -2.17. The molecule has 0 aliphatic rings. The molecular formula is C9H5Br3ClNO4S2. The second-order valence-corrected chi connectivity index (χ2v) is 15.7. The summed E-state index contributed by atoms with van der Waals surface area (Å²) < 4.78 is 23.5. The third kappa shape index (κ3) is 3.22. The smallest absolute Gasteiger partial charge is 0.241 e. The summed E-state index contributed by atoms with van der Waals surface area (Å²) in [5.41, 5.74) is 0.973. The van der Waals surface area contributed by atoms with E-state index in [0.29, 0.717) is 20.8 Å². The number of rotatable bonds is 3. The van der Waals surface area contributed by atoms with Gasteiger partial charge < -0.3 is 0 Å². The Kier molecular flexibility index (Phi) is 5.18. The highest BCUT2D eigenvalue weighted by atomic mass is 80.0. The summed E-state index contributed by atoms with van der Waals surface area (Å²) in [6, 6.07) is 3.15. The number of sulfone groups is 1. The lowest BCUT2D eigenvalue weighted by molar-refractivity contribution is -0.252. The minimum absolute atomic E-state index is 0.0729. The van der Waals surface area contributed by atoms with E-state index in [9.17, 15) is 8.42 Å².